The first-order chi connectivity index (χ1) is 8.59. The van der Waals surface area contributed by atoms with Gasteiger partial charge in [-0.05, 0) is 18.9 Å². The van der Waals surface area contributed by atoms with Crippen LogP contribution in [0.3, 0.4) is 0 Å². The highest BCUT2D eigenvalue weighted by molar-refractivity contribution is 5.93. The number of aromatic nitrogens is 1. The van der Waals surface area contributed by atoms with E-state index in [0.717, 1.165) is 24.4 Å². The van der Waals surface area contributed by atoms with Crippen LogP contribution in [0.15, 0.2) is 12.1 Å². The number of rotatable bonds is 3. The van der Waals surface area contributed by atoms with Gasteiger partial charge >= 0.3 is 0 Å². The fourth-order valence-electron chi connectivity index (χ4n) is 2.75. The van der Waals surface area contributed by atoms with Crippen LogP contribution in [-0.2, 0) is 7.05 Å². The van der Waals surface area contributed by atoms with Crippen molar-refractivity contribution in [2.45, 2.75) is 38.1 Å². The van der Waals surface area contributed by atoms with Crippen LogP contribution in [0.2, 0.25) is 0 Å². The number of hydrogen-bond acceptors (Lipinski definition) is 1. The highest BCUT2D eigenvalue weighted by atomic mass is 16.2. The quantitative estimate of drug-likeness (QED) is 0.820. The first-order valence-electron chi connectivity index (χ1n) is 6.86. The van der Waals surface area contributed by atoms with Crippen LogP contribution in [0.1, 0.15) is 42.6 Å². The van der Waals surface area contributed by atoms with Crippen molar-refractivity contribution in [1.29, 1.82) is 0 Å². The van der Waals surface area contributed by atoms with Crippen molar-refractivity contribution in [3.63, 3.8) is 0 Å². The van der Waals surface area contributed by atoms with Crippen LogP contribution >= 0.6 is 0 Å². The number of nitrogens with one attached hydrogen (secondary N) is 2. The summed E-state index contributed by atoms with van der Waals surface area (Å²) in [4.78, 5) is 13.5. The molecule has 18 heavy (non-hydrogen) atoms. The molecule has 2 rings (SSSR count). The van der Waals surface area contributed by atoms with Gasteiger partial charge in [-0.15, -0.1) is 0 Å². The van der Waals surface area contributed by atoms with Gasteiger partial charge in [-0.1, -0.05) is 19.3 Å². The van der Waals surface area contributed by atoms with Crippen LogP contribution in [0, 0.1) is 0 Å². The molecule has 1 heterocycles. The molecule has 0 radical (unpaired) electrons. The van der Waals surface area contributed by atoms with Crippen LogP contribution in [-0.4, -0.2) is 30.6 Å². The molecule has 0 atom stereocenters. The van der Waals surface area contributed by atoms with Gasteiger partial charge in [-0.3, -0.25) is 14.3 Å². The fraction of sp³-hybridized carbons (Fsp3) is 0.643. The maximum atomic E-state index is 12.2. The minimum absolute atomic E-state index is 0.0666. The standard InChI is InChI=1S/C14H23N3O/c1-16(2)13-10-9-12(17(13)3)14(18)15-11-7-5-4-6-8-11/h9-11H,4-8H2,1-3H3,(H,15,18)/p+1. The molecule has 4 nitrogen and oxygen atoms in total. The van der Waals surface area contributed by atoms with E-state index in [9.17, 15) is 4.79 Å². The summed E-state index contributed by atoms with van der Waals surface area (Å²) in [5.74, 6) is 1.20. The second-order valence-electron chi connectivity index (χ2n) is 5.47. The number of nitrogens with zero attached hydrogens (tertiary/aromatic N) is 1. The van der Waals surface area contributed by atoms with Crippen LogP contribution in [0.25, 0.3) is 0 Å². The zero-order chi connectivity index (χ0) is 13.1. The Morgan fingerprint density at radius 2 is 1.94 bits per heavy atom. The third kappa shape index (κ3) is 2.75. The summed E-state index contributed by atoms with van der Waals surface area (Å²) in [5.41, 5.74) is 0.761. The summed E-state index contributed by atoms with van der Waals surface area (Å²) < 4.78 is 1.98. The molecular formula is C14H24N3O+. The van der Waals surface area contributed by atoms with E-state index in [1.165, 1.54) is 24.2 Å². The zero-order valence-corrected chi connectivity index (χ0v) is 11.6. The van der Waals surface area contributed by atoms with Crippen molar-refractivity contribution >= 4 is 11.7 Å². The first-order valence-corrected chi connectivity index (χ1v) is 6.86. The van der Waals surface area contributed by atoms with Gasteiger partial charge in [0.1, 0.15) is 5.69 Å². The second-order valence-corrected chi connectivity index (χ2v) is 5.47. The Labute approximate surface area is 109 Å². The highest BCUT2D eigenvalue weighted by Crippen LogP contribution is 2.18. The molecule has 0 unspecified atom stereocenters. The lowest BCUT2D eigenvalue weighted by Gasteiger charge is -2.22. The SMILES string of the molecule is Cn1c(C(=O)NC2CCCCC2)ccc1[NH+](C)C. The van der Waals surface area contributed by atoms with Crippen LogP contribution in [0.4, 0.5) is 5.82 Å². The number of carbonyl (C=O) groups excluding carboxylic acids is 1. The Balaban J connectivity index is 2.04. The molecule has 0 saturated heterocycles. The summed E-state index contributed by atoms with van der Waals surface area (Å²) >= 11 is 0. The molecule has 0 bridgehead atoms. The van der Waals surface area contributed by atoms with E-state index >= 15 is 0 Å². The second kappa shape index (κ2) is 5.57. The third-order valence-electron chi connectivity index (χ3n) is 3.81. The molecular weight excluding hydrogens is 226 g/mol. The van der Waals surface area contributed by atoms with E-state index in [4.69, 9.17) is 0 Å². The molecule has 1 fully saturated rings. The maximum Gasteiger partial charge on any atom is 0.268 e. The minimum Gasteiger partial charge on any atom is -0.348 e. The third-order valence-corrected chi connectivity index (χ3v) is 3.81. The average molecular weight is 250 g/mol. The average Bonchev–Trinajstić information content (AvgIpc) is 2.72. The van der Waals surface area contributed by atoms with Crippen molar-refractivity contribution in [1.82, 2.24) is 9.88 Å². The molecule has 2 N–H and O–H groups in total. The highest BCUT2D eigenvalue weighted by Gasteiger charge is 2.20. The summed E-state index contributed by atoms with van der Waals surface area (Å²) in [6.07, 6.45) is 6.05. The van der Waals surface area contributed by atoms with Crippen LogP contribution in [0.5, 0.6) is 0 Å². The predicted molar refractivity (Wildman–Crippen MR) is 72.2 cm³/mol. The Morgan fingerprint density at radius 1 is 1.28 bits per heavy atom. The molecule has 1 amide bonds. The zero-order valence-electron chi connectivity index (χ0n) is 11.6. The summed E-state index contributed by atoms with van der Waals surface area (Å²) in [6, 6.07) is 4.31. The maximum absolute atomic E-state index is 12.2. The smallest absolute Gasteiger partial charge is 0.268 e. The molecule has 4 heteroatoms. The van der Waals surface area contributed by atoms with Gasteiger partial charge < -0.3 is 5.32 Å². The van der Waals surface area contributed by atoms with Gasteiger partial charge in [0.05, 0.1) is 14.1 Å². The fourth-order valence-corrected chi connectivity index (χ4v) is 2.75. The van der Waals surface area contributed by atoms with Gasteiger partial charge in [0.15, 0.2) is 0 Å². The molecule has 0 aromatic carbocycles. The Kier molecular flexibility index (Phi) is 4.07. The molecule has 100 valence electrons. The van der Waals surface area contributed by atoms with Crippen molar-refractivity contribution in [2.75, 3.05) is 14.1 Å². The van der Waals surface area contributed by atoms with E-state index in [1.54, 1.807) is 0 Å². The van der Waals surface area contributed by atoms with E-state index in [0.29, 0.717) is 6.04 Å². The van der Waals surface area contributed by atoms with E-state index in [1.807, 2.05) is 23.7 Å². The molecule has 0 aliphatic heterocycles. The van der Waals surface area contributed by atoms with Crippen molar-refractivity contribution in [3.05, 3.63) is 17.8 Å². The summed E-state index contributed by atoms with van der Waals surface area (Å²) in [7, 11) is 6.09. The number of amides is 1. The number of quaternary nitrogens is 1. The van der Waals surface area contributed by atoms with E-state index < -0.39 is 0 Å². The predicted octanol–water partition coefficient (Wildman–Crippen LogP) is 0.864. The minimum atomic E-state index is 0.0666. The van der Waals surface area contributed by atoms with Gasteiger partial charge in [-0.25, -0.2) is 0 Å². The van der Waals surface area contributed by atoms with Crippen molar-refractivity contribution in [2.24, 2.45) is 7.05 Å². The van der Waals surface area contributed by atoms with Gasteiger partial charge in [0, 0.05) is 19.2 Å². The van der Waals surface area contributed by atoms with Gasteiger partial charge in [0.2, 0.25) is 5.82 Å². The summed E-state index contributed by atoms with van der Waals surface area (Å²) in [5, 5.41) is 3.16. The monoisotopic (exact) mass is 250 g/mol. The topological polar surface area (TPSA) is 38.5 Å². The summed E-state index contributed by atoms with van der Waals surface area (Å²) in [6.45, 7) is 0. The van der Waals surface area contributed by atoms with Crippen molar-refractivity contribution < 1.29 is 9.69 Å². The molecule has 1 saturated carbocycles. The molecule has 1 aromatic rings. The van der Waals surface area contributed by atoms with Gasteiger partial charge in [-0.2, -0.15) is 0 Å². The van der Waals surface area contributed by atoms with E-state index in [2.05, 4.69) is 19.4 Å². The first kappa shape index (κ1) is 13.1. The number of hydrogen-bond donors (Lipinski definition) is 2. The van der Waals surface area contributed by atoms with Gasteiger partial charge in [0.25, 0.3) is 5.91 Å². The van der Waals surface area contributed by atoms with E-state index in [-0.39, 0.29) is 5.91 Å². The molecule has 1 aliphatic rings. The molecule has 1 aromatic heterocycles. The van der Waals surface area contributed by atoms with Crippen molar-refractivity contribution in [3.8, 4) is 0 Å². The molecule has 1 aliphatic carbocycles. The largest absolute Gasteiger partial charge is 0.348 e. The lowest BCUT2D eigenvalue weighted by atomic mass is 9.95. The van der Waals surface area contributed by atoms with Crippen LogP contribution < -0.4 is 10.2 Å². The molecule has 0 spiro atoms. The Hall–Kier alpha value is -1.29. The Bertz CT molecular complexity index is 417. The number of carbonyl (C=O) groups is 1. The Morgan fingerprint density at radius 3 is 2.50 bits per heavy atom. The normalized spacial score (nSPS) is 17.1. The lowest BCUT2D eigenvalue weighted by Crippen LogP contribution is -3.00. The lowest BCUT2D eigenvalue weighted by molar-refractivity contribution is -0.790.